The molecule has 28 heavy (non-hydrogen) atoms. The van der Waals surface area contributed by atoms with Crippen molar-refractivity contribution in [1.82, 2.24) is 10.6 Å². The van der Waals surface area contributed by atoms with E-state index in [0.717, 1.165) is 6.42 Å². The summed E-state index contributed by atoms with van der Waals surface area (Å²) in [5.74, 6) is 4.86. The van der Waals surface area contributed by atoms with Crippen LogP contribution in [0.1, 0.15) is 31.7 Å². The van der Waals surface area contributed by atoms with Gasteiger partial charge in [0, 0.05) is 6.42 Å². The van der Waals surface area contributed by atoms with Crippen LogP contribution in [0, 0.1) is 0 Å². The van der Waals surface area contributed by atoms with E-state index in [1.807, 2.05) is 6.92 Å². The predicted molar refractivity (Wildman–Crippen MR) is 111 cm³/mol. The van der Waals surface area contributed by atoms with Crippen LogP contribution in [0.25, 0.3) is 0 Å². The molecule has 0 aliphatic rings. The average Bonchev–Trinajstić information content (AvgIpc) is 2.66. The van der Waals surface area contributed by atoms with Crippen LogP contribution < -0.4 is 26.9 Å². The Labute approximate surface area is 174 Å². The summed E-state index contributed by atoms with van der Waals surface area (Å²) < 4.78 is 5.53. The molecule has 1 rings (SSSR count). The number of amides is 1. The highest BCUT2D eigenvalue weighted by molar-refractivity contribution is 6.40. The Morgan fingerprint density at radius 3 is 2.61 bits per heavy atom. The smallest absolute Gasteiger partial charge is 0.271 e. The lowest BCUT2D eigenvalue weighted by Gasteiger charge is -2.18. The fraction of sp³-hybridized carbons (Fsp3) is 0.471. The second-order valence-corrected chi connectivity index (χ2v) is 6.68. The van der Waals surface area contributed by atoms with Crippen molar-refractivity contribution in [2.75, 3.05) is 13.2 Å². The number of nitrogens with zero attached hydrogens (tertiary/aromatic N) is 2. The van der Waals surface area contributed by atoms with Crippen molar-refractivity contribution in [1.29, 1.82) is 0 Å². The summed E-state index contributed by atoms with van der Waals surface area (Å²) in [6.45, 7) is 2.84. The van der Waals surface area contributed by atoms with Crippen LogP contribution >= 0.6 is 23.2 Å². The topological polar surface area (TPSA) is 147 Å². The number of rotatable bonds is 12. The van der Waals surface area contributed by atoms with Crippen LogP contribution in [0.5, 0.6) is 5.75 Å². The predicted octanol–water partition coefficient (Wildman–Crippen LogP) is 1.83. The van der Waals surface area contributed by atoms with Gasteiger partial charge in [0.1, 0.15) is 12.1 Å². The summed E-state index contributed by atoms with van der Waals surface area (Å²) in [7, 11) is 0. The van der Waals surface area contributed by atoms with Crippen molar-refractivity contribution in [2.45, 2.75) is 38.8 Å². The van der Waals surface area contributed by atoms with Gasteiger partial charge >= 0.3 is 0 Å². The highest BCUT2D eigenvalue weighted by Crippen LogP contribution is 2.34. The lowest BCUT2D eigenvalue weighted by molar-refractivity contribution is -0.115. The molecule has 1 aromatic rings. The normalized spacial score (nSPS) is 12.8. The molecule has 0 fully saturated rings. The van der Waals surface area contributed by atoms with Gasteiger partial charge < -0.3 is 32.2 Å². The van der Waals surface area contributed by atoms with Gasteiger partial charge in [0.05, 0.1) is 22.8 Å². The maximum absolute atomic E-state index is 12.4. The Morgan fingerprint density at radius 2 is 2.07 bits per heavy atom. The van der Waals surface area contributed by atoms with E-state index >= 15 is 0 Å². The molecule has 1 atom stereocenters. The number of hydrazone groups is 1. The molecule has 0 radical (unpaired) electrons. The Hall–Kier alpha value is -2.23. The van der Waals surface area contributed by atoms with Crippen molar-refractivity contribution < 1.29 is 14.7 Å². The average molecular weight is 433 g/mol. The number of halogens is 2. The third kappa shape index (κ3) is 7.79. The van der Waals surface area contributed by atoms with Crippen molar-refractivity contribution in [3.05, 3.63) is 27.7 Å². The molecule has 7 N–H and O–H groups in total. The second-order valence-electron chi connectivity index (χ2n) is 5.86. The van der Waals surface area contributed by atoms with E-state index in [0.29, 0.717) is 47.4 Å². The molecule has 0 heterocycles. The summed E-state index contributed by atoms with van der Waals surface area (Å²) in [5.41, 5.74) is 5.92. The molecule has 1 unspecified atom stereocenters. The quantitative estimate of drug-likeness (QED) is 0.0646. The fourth-order valence-corrected chi connectivity index (χ4v) is 2.97. The van der Waals surface area contributed by atoms with Gasteiger partial charge in [0.15, 0.2) is 5.75 Å². The van der Waals surface area contributed by atoms with Crippen LogP contribution in [-0.4, -0.2) is 42.5 Å². The second kappa shape index (κ2) is 13.0. The number of carbonyl (C=O) groups excluding carboxylic acids is 1. The molecular formula is C17H26Cl2N6O3. The third-order valence-electron chi connectivity index (χ3n) is 3.64. The summed E-state index contributed by atoms with van der Waals surface area (Å²) in [6, 6.07) is 3.21. The van der Waals surface area contributed by atoms with Crippen LogP contribution in [0.3, 0.4) is 0 Å². The van der Waals surface area contributed by atoms with Crippen molar-refractivity contribution in [3.63, 3.8) is 0 Å². The number of ether oxygens (including phenoxy) is 1. The first-order valence-electron chi connectivity index (χ1n) is 8.77. The number of nitrogens with one attached hydrogen (secondary N) is 2. The van der Waals surface area contributed by atoms with Crippen molar-refractivity contribution in [3.8, 4) is 5.75 Å². The SMILES string of the molecule is CCCC(NC=NN)NC(=O)C(Cc1cc(Cl)c(OCCCN)c(Cl)c1)=NO. The van der Waals surface area contributed by atoms with E-state index in [1.54, 1.807) is 12.1 Å². The number of carbonyl (C=O) groups is 1. The van der Waals surface area contributed by atoms with E-state index in [9.17, 15) is 10.0 Å². The Balaban J connectivity index is 2.84. The van der Waals surface area contributed by atoms with Gasteiger partial charge in [-0.1, -0.05) is 41.7 Å². The van der Waals surface area contributed by atoms with Crippen LogP contribution in [0.4, 0.5) is 0 Å². The first-order chi connectivity index (χ1) is 13.5. The minimum Gasteiger partial charge on any atom is -0.490 e. The van der Waals surface area contributed by atoms with Gasteiger partial charge in [0.2, 0.25) is 0 Å². The molecular weight excluding hydrogens is 407 g/mol. The maximum Gasteiger partial charge on any atom is 0.271 e. The van der Waals surface area contributed by atoms with Crippen molar-refractivity contribution >= 4 is 41.2 Å². The lowest BCUT2D eigenvalue weighted by Crippen LogP contribution is -2.47. The summed E-state index contributed by atoms with van der Waals surface area (Å²) in [4.78, 5) is 12.4. The largest absolute Gasteiger partial charge is 0.490 e. The first kappa shape index (κ1) is 23.8. The molecule has 0 saturated carbocycles. The van der Waals surface area contributed by atoms with Gasteiger partial charge in [-0.25, -0.2) is 0 Å². The van der Waals surface area contributed by atoms with Crippen LogP contribution in [-0.2, 0) is 11.2 Å². The summed E-state index contributed by atoms with van der Waals surface area (Å²) in [5, 5.41) is 21.9. The number of oxime groups is 1. The third-order valence-corrected chi connectivity index (χ3v) is 4.20. The zero-order valence-corrected chi connectivity index (χ0v) is 17.1. The number of nitrogens with two attached hydrogens (primary N) is 2. The molecule has 1 amide bonds. The fourth-order valence-electron chi connectivity index (χ4n) is 2.32. The molecule has 1 aromatic carbocycles. The van der Waals surface area contributed by atoms with Gasteiger partial charge in [-0.2, -0.15) is 5.10 Å². The minimum absolute atomic E-state index is 0.0225. The molecule has 0 aromatic heterocycles. The van der Waals surface area contributed by atoms with Gasteiger partial charge in [-0.05, 0) is 37.1 Å². The van der Waals surface area contributed by atoms with E-state index in [2.05, 4.69) is 20.9 Å². The van der Waals surface area contributed by atoms with Crippen molar-refractivity contribution in [2.24, 2.45) is 21.8 Å². The minimum atomic E-state index is -0.547. The number of hydrogen-bond acceptors (Lipinski definition) is 7. The molecule has 11 heteroatoms. The number of benzene rings is 1. The monoisotopic (exact) mass is 432 g/mol. The van der Waals surface area contributed by atoms with E-state index < -0.39 is 12.1 Å². The molecule has 9 nitrogen and oxygen atoms in total. The standard InChI is InChI=1S/C17H26Cl2N6O3/c1-2-4-15(22-10-23-21)24-17(26)14(25-27)9-11-7-12(18)16(13(19)8-11)28-6-3-5-20/h7-8,10,15,27H,2-6,9,20-21H2,1H3,(H,22,23)(H,24,26). The zero-order chi connectivity index (χ0) is 20.9. The molecule has 0 bridgehead atoms. The van der Waals surface area contributed by atoms with E-state index in [4.69, 9.17) is 39.5 Å². The highest BCUT2D eigenvalue weighted by Gasteiger charge is 2.19. The van der Waals surface area contributed by atoms with Gasteiger partial charge in [-0.15, -0.1) is 0 Å². The Bertz CT molecular complexity index is 676. The molecule has 0 aliphatic carbocycles. The zero-order valence-electron chi connectivity index (χ0n) is 15.6. The van der Waals surface area contributed by atoms with E-state index in [-0.39, 0.29) is 12.1 Å². The Kier molecular flexibility index (Phi) is 11.1. The van der Waals surface area contributed by atoms with Gasteiger partial charge in [-0.3, -0.25) is 4.79 Å². The van der Waals surface area contributed by atoms with Crippen LogP contribution in [0.2, 0.25) is 10.0 Å². The first-order valence-corrected chi connectivity index (χ1v) is 9.52. The van der Waals surface area contributed by atoms with E-state index in [1.165, 1.54) is 6.34 Å². The Morgan fingerprint density at radius 1 is 1.39 bits per heavy atom. The van der Waals surface area contributed by atoms with Crippen LogP contribution in [0.15, 0.2) is 22.4 Å². The molecule has 0 aliphatic heterocycles. The maximum atomic E-state index is 12.4. The highest BCUT2D eigenvalue weighted by atomic mass is 35.5. The molecule has 0 saturated heterocycles. The lowest BCUT2D eigenvalue weighted by atomic mass is 10.1. The summed E-state index contributed by atoms with van der Waals surface area (Å²) >= 11 is 12.4. The molecule has 156 valence electrons. The molecule has 0 spiro atoms. The summed E-state index contributed by atoms with van der Waals surface area (Å²) in [6.07, 6.45) is 2.99. The van der Waals surface area contributed by atoms with Gasteiger partial charge in [0.25, 0.3) is 5.91 Å². The number of hydrogen-bond donors (Lipinski definition) is 5.